The van der Waals surface area contributed by atoms with Crippen molar-refractivity contribution in [2.75, 3.05) is 13.2 Å². The zero-order valence-corrected chi connectivity index (χ0v) is 46.0. The average Bonchev–Trinajstić information content (AvgIpc) is 3.27. The van der Waals surface area contributed by atoms with Crippen LogP contribution in [0.1, 0.15) is 213 Å². The van der Waals surface area contributed by atoms with Crippen LogP contribution < -0.4 is 0 Å². The van der Waals surface area contributed by atoms with Crippen molar-refractivity contribution in [2.24, 2.45) is 0 Å². The maximum Gasteiger partial charge on any atom is 0.472 e. The molecule has 27 heteroatoms. The van der Waals surface area contributed by atoms with Gasteiger partial charge in [-0.25, -0.2) is 18.3 Å². The van der Waals surface area contributed by atoms with Crippen LogP contribution in [0.5, 0.6) is 0 Å². The van der Waals surface area contributed by atoms with Gasteiger partial charge in [0, 0.05) is 19.3 Å². The monoisotopic (exact) mass is 1120 g/mol. The third-order valence-corrected chi connectivity index (χ3v) is 14.6. The summed E-state index contributed by atoms with van der Waals surface area (Å²) >= 11 is 0. The second kappa shape index (κ2) is 38.5. The Bertz CT molecular complexity index is 1630. The molecule has 0 aliphatic heterocycles. The zero-order valence-electron chi connectivity index (χ0n) is 42.4. The molecule has 0 aromatic heterocycles. The van der Waals surface area contributed by atoms with Crippen LogP contribution in [0.15, 0.2) is 0 Å². The second-order valence-electron chi connectivity index (χ2n) is 18.7. The molecule has 0 bridgehead atoms. The van der Waals surface area contributed by atoms with E-state index in [0.717, 1.165) is 89.9 Å². The smallest absolute Gasteiger partial charge is 0.466 e. The molecule has 0 saturated heterocycles. The van der Waals surface area contributed by atoms with Crippen molar-refractivity contribution < 1.29 is 109 Å². The Morgan fingerprint density at radius 2 is 0.806 bits per heavy atom. The number of esters is 2. The molecule has 0 amide bonds. The van der Waals surface area contributed by atoms with Crippen molar-refractivity contribution in [3.63, 3.8) is 0 Å². The van der Waals surface area contributed by atoms with Gasteiger partial charge in [-0.05, 0) is 25.7 Å². The quantitative estimate of drug-likeness (QED) is 0.0156. The molecular weight excluding hydrogens is 1030 g/mol. The SMILES string of the molecule is CCCCCCCCCCCCCCCC(=O)O[C@@H](COP(=O)(O)OC1C(O)[C@H](OP(=O)(O)O)C(OP(=O)(O)O)[C@H](OP(=O)(O)O)[C@@H]1O)CC(=O)OCCCCCCCCCCCCCCCC(=O)CCC. The van der Waals surface area contributed by atoms with Crippen LogP contribution in [0.25, 0.3) is 0 Å². The van der Waals surface area contributed by atoms with Gasteiger partial charge in [-0.2, -0.15) is 0 Å². The number of rotatable bonds is 46. The van der Waals surface area contributed by atoms with Crippen LogP contribution in [0, 0.1) is 0 Å². The fourth-order valence-electron chi connectivity index (χ4n) is 8.35. The molecule has 9 N–H and O–H groups in total. The van der Waals surface area contributed by atoms with Crippen LogP contribution in [0.4, 0.5) is 0 Å². The maximum atomic E-state index is 13.3. The molecule has 1 aliphatic rings. The van der Waals surface area contributed by atoms with Gasteiger partial charge in [-0.3, -0.25) is 37.0 Å². The minimum atomic E-state index is -5.80. The zero-order chi connectivity index (χ0) is 54.1. The summed E-state index contributed by atoms with van der Waals surface area (Å²) in [7, 11) is -23.0. The summed E-state index contributed by atoms with van der Waals surface area (Å²) in [5.41, 5.74) is 0. The number of carbonyl (C=O) groups excluding carboxylic acids is 3. The van der Waals surface area contributed by atoms with Gasteiger partial charge in [0.05, 0.1) is 19.6 Å². The van der Waals surface area contributed by atoms with Crippen molar-refractivity contribution in [1.29, 1.82) is 0 Å². The van der Waals surface area contributed by atoms with E-state index >= 15 is 0 Å². The van der Waals surface area contributed by atoms with Crippen LogP contribution >= 0.6 is 31.3 Å². The van der Waals surface area contributed by atoms with Crippen molar-refractivity contribution in [3.8, 4) is 0 Å². The molecule has 0 radical (unpaired) electrons. The van der Waals surface area contributed by atoms with E-state index in [2.05, 4.69) is 20.5 Å². The number of aliphatic hydroxyl groups excluding tert-OH is 2. The molecule has 1 fully saturated rings. The Hall–Kier alpha value is -1.03. The molecule has 72 heavy (non-hydrogen) atoms. The topological polar surface area (TPSA) is 366 Å². The van der Waals surface area contributed by atoms with Crippen molar-refractivity contribution in [3.05, 3.63) is 0 Å². The predicted octanol–water partition coefficient (Wildman–Crippen LogP) is 8.81. The van der Waals surface area contributed by atoms with E-state index in [1.165, 1.54) is 64.2 Å². The molecule has 0 heterocycles. The normalized spacial score (nSPS) is 21.0. The number of phosphoric ester groups is 4. The molecule has 8 atom stereocenters. The van der Waals surface area contributed by atoms with Gasteiger partial charge in [-0.15, -0.1) is 0 Å². The standard InChI is InChI=1S/C45H88O23P4/c1-3-5-6-7-8-9-10-12-16-19-22-25-28-32-38(47)64-37(34-39(48)62-33-29-26-23-20-17-14-11-13-15-18-21-24-27-31-36(46)30-4-2)35-63-72(60,61)68-42-40(49)43(65-69(51,52)53)45(67-71(57,58)59)44(41(42)50)66-70(54,55)56/h37,40-45,49-50H,3-35H2,1-2H3,(H,60,61)(H2,51,52,53)(H2,54,55,56)(H2,57,58,59)/t37-,40-,41?,42?,43-,44+,45?/m1/s1. The Balaban J connectivity index is 2.82. The molecule has 1 rings (SSSR count). The maximum absolute atomic E-state index is 13.3. The second-order valence-corrected chi connectivity index (χ2v) is 23.6. The van der Waals surface area contributed by atoms with E-state index in [-0.39, 0.29) is 13.0 Å². The van der Waals surface area contributed by atoms with Crippen molar-refractivity contribution in [2.45, 2.75) is 256 Å². The van der Waals surface area contributed by atoms with E-state index in [4.69, 9.17) is 18.5 Å². The summed E-state index contributed by atoms with van der Waals surface area (Å²) in [5.74, 6) is -1.26. The first-order valence-electron chi connectivity index (χ1n) is 26.0. The molecule has 1 saturated carbocycles. The summed E-state index contributed by atoms with van der Waals surface area (Å²) in [6, 6.07) is 0. The number of hydrogen-bond acceptors (Lipinski definition) is 16. The lowest BCUT2D eigenvalue weighted by atomic mass is 9.85. The van der Waals surface area contributed by atoms with Crippen LogP contribution in [-0.2, 0) is 64.7 Å². The molecule has 1 aliphatic carbocycles. The number of hydrogen-bond donors (Lipinski definition) is 9. The number of ketones is 1. The Labute approximate surface area is 425 Å². The Kier molecular flexibility index (Phi) is 36.9. The van der Waals surface area contributed by atoms with Gasteiger partial charge in [0.2, 0.25) is 0 Å². The highest BCUT2D eigenvalue weighted by Gasteiger charge is 2.59. The summed E-state index contributed by atoms with van der Waals surface area (Å²) in [6.45, 7) is 3.20. The van der Waals surface area contributed by atoms with E-state index in [1.54, 1.807) is 0 Å². The highest BCUT2D eigenvalue weighted by molar-refractivity contribution is 7.47. The highest BCUT2D eigenvalue weighted by atomic mass is 31.2. The van der Waals surface area contributed by atoms with Crippen LogP contribution in [0.2, 0.25) is 0 Å². The van der Waals surface area contributed by atoms with Gasteiger partial charge < -0.3 is 53.9 Å². The third-order valence-electron chi connectivity index (χ3n) is 12.0. The minimum absolute atomic E-state index is 0.0353. The first-order valence-corrected chi connectivity index (χ1v) is 32.1. The number of carbonyl (C=O) groups is 3. The first kappa shape index (κ1) is 69.0. The summed E-state index contributed by atoms with van der Waals surface area (Å²) in [6.07, 6.45) is 10.8. The Morgan fingerprint density at radius 1 is 0.431 bits per heavy atom. The van der Waals surface area contributed by atoms with Gasteiger partial charge in [0.1, 0.15) is 48.5 Å². The molecule has 0 aromatic rings. The van der Waals surface area contributed by atoms with Gasteiger partial charge in [-0.1, -0.05) is 162 Å². The molecule has 0 aromatic carbocycles. The van der Waals surface area contributed by atoms with Gasteiger partial charge in [0.15, 0.2) is 0 Å². The average molecular weight is 1120 g/mol. The lowest BCUT2D eigenvalue weighted by Crippen LogP contribution is -2.65. The molecule has 4 unspecified atom stereocenters. The number of phosphoric acid groups is 4. The van der Waals surface area contributed by atoms with Crippen LogP contribution in [-0.4, -0.2) is 118 Å². The summed E-state index contributed by atoms with van der Waals surface area (Å²) < 4.78 is 82.2. The minimum Gasteiger partial charge on any atom is -0.466 e. The number of unbranched alkanes of at least 4 members (excludes halogenated alkanes) is 24. The van der Waals surface area contributed by atoms with Gasteiger partial charge in [0.25, 0.3) is 0 Å². The molecule has 426 valence electrons. The number of ether oxygens (including phenoxy) is 2. The fraction of sp³-hybridized carbons (Fsp3) is 0.933. The highest BCUT2D eigenvalue weighted by Crippen LogP contribution is 2.53. The summed E-state index contributed by atoms with van der Waals surface area (Å²) in [4.78, 5) is 105. The lowest BCUT2D eigenvalue weighted by Gasteiger charge is -2.45. The molecule has 0 spiro atoms. The van der Waals surface area contributed by atoms with Crippen LogP contribution in [0.3, 0.4) is 0 Å². The Morgan fingerprint density at radius 3 is 1.21 bits per heavy atom. The summed E-state index contributed by atoms with van der Waals surface area (Å²) in [5, 5.41) is 21.9. The van der Waals surface area contributed by atoms with Gasteiger partial charge >= 0.3 is 43.2 Å². The van der Waals surface area contributed by atoms with Crippen molar-refractivity contribution in [1.82, 2.24) is 0 Å². The number of Topliss-reactive ketones (excluding diaryl/α,β-unsaturated/α-hetero) is 1. The third kappa shape index (κ3) is 36.1. The van der Waals surface area contributed by atoms with E-state index < -0.39 is 99.0 Å². The van der Waals surface area contributed by atoms with E-state index in [9.17, 15) is 77.1 Å². The number of aliphatic hydroxyl groups is 2. The largest absolute Gasteiger partial charge is 0.472 e. The molecular formula is C45H88O23P4. The van der Waals surface area contributed by atoms with E-state index in [1.807, 2.05) is 6.92 Å². The fourth-order valence-corrected chi connectivity index (χ4v) is 11.0. The van der Waals surface area contributed by atoms with Crippen molar-refractivity contribution >= 4 is 49.0 Å². The lowest BCUT2D eigenvalue weighted by molar-refractivity contribution is -0.209. The van der Waals surface area contributed by atoms with E-state index in [0.29, 0.717) is 37.9 Å². The molecule has 23 nitrogen and oxygen atoms in total. The predicted molar refractivity (Wildman–Crippen MR) is 264 cm³/mol. The first-order chi connectivity index (χ1) is 33.9.